The van der Waals surface area contributed by atoms with Gasteiger partial charge in [0.05, 0.1) is 6.54 Å². The van der Waals surface area contributed by atoms with Crippen LogP contribution in [0.5, 0.6) is 0 Å². The fourth-order valence-electron chi connectivity index (χ4n) is 3.29. The van der Waals surface area contributed by atoms with Gasteiger partial charge in [0, 0.05) is 24.3 Å². The Labute approximate surface area is 131 Å². The van der Waals surface area contributed by atoms with E-state index in [0.717, 1.165) is 23.0 Å². The number of benzene rings is 1. The van der Waals surface area contributed by atoms with E-state index < -0.39 is 10.2 Å². The van der Waals surface area contributed by atoms with Crippen LogP contribution in [0, 0.1) is 11.8 Å². The lowest BCUT2D eigenvalue weighted by Gasteiger charge is -2.33. The maximum absolute atomic E-state index is 12.5. The summed E-state index contributed by atoms with van der Waals surface area (Å²) in [5, 5.41) is 1.09. The third-order valence-electron chi connectivity index (χ3n) is 4.21. The number of piperidine rings is 1. The number of H-pyrrole nitrogens is 1. The molecule has 1 aromatic carbocycles. The van der Waals surface area contributed by atoms with Crippen molar-refractivity contribution >= 4 is 21.1 Å². The standard InChI is InChI=1S/C16H23N3O2S/c1-12-7-13(2)11-19(10-12)22(20,21)17-9-15-8-14-5-3-4-6-16(14)18-15/h3-6,8,12-13,17-18H,7,9-11H2,1-2H3/t12-,13-/m0/s1. The maximum atomic E-state index is 12.5. The Kier molecular flexibility index (Phi) is 4.25. The molecule has 1 aliphatic heterocycles. The highest BCUT2D eigenvalue weighted by atomic mass is 32.2. The summed E-state index contributed by atoms with van der Waals surface area (Å²) in [5.41, 5.74) is 1.90. The Balaban J connectivity index is 1.69. The molecular weight excluding hydrogens is 298 g/mol. The summed E-state index contributed by atoms with van der Waals surface area (Å²) in [6.07, 6.45) is 1.09. The molecule has 5 nitrogen and oxygen atoms in total. The summed E-state index contributed by atoms with van der Waals surface area (Å²) < 4.78 is 29.2. The first kappa shape index (κ1) is 15.5. The lowest BCUT2D eigenvalue weighted by Crippen LogP contribution is -2.47. The second-order valence-corrected chi connectivity index (χ2v) is 8.23. The minimum Gasteiger partial charge on any atom is -0.357 e. The van der Waals surface area contributed by atoms with Crippen LogP contribution in [0.15, 0.2) is 30.3 Å². The molecule has 22 heavy (non-hydrogen) atoms. The van der Waals surface area contributed by atoms with Crippen molar-refractivity contribution in [1.82, 2.24) is 14.0 Å². The summed E-state index contributed by atoms with van der Waals surface area (Å²) in [7, 11) is -3.42. The van der Waals surface area contributed by atoms with E-state index in [2.05, 4.69) is 23.6 Å². The van der Waals surface area contributed by atoms with Crippen LogP contribution in [0.3, 0.4) is 0 Å². The van der Waals surface area contributed by atoms with E-state index in [-0.39, 0.29) is 6.54 Å². The summed E-state index contributed by atoms with van der Waals surface area (Å²) in [5.74, 6) is 0.821. The topological polar surface area (TPSA) is 65.2 Å². The average Bonchev–Trinajstić information content (AvgIpc) is 2.87. The lowest BCUT2D eigenvalue weighted by atomic mass is 9.94. The number of hydrogen-bond acceptors (Lipinski definition) is 2. The van der Waals surface area contributed by atoms with Crippen LogP contribution >= 0.6 is 0 Å². The Morgan fingerprint density at radius 1 is 1.23 bits per heavy atom. The van der Waals surface area contributed by atoms with Crippen molar-refractivity contribution in [2.75, 3.05) is 13.1 Å². The summed E-state index contributed by atoms with van der Waals surface area (Å²) in [4.78, 5) is 3.24. The molecule has 2 heterocycles. The molecule has 0 spiro atoms. The van der Waals surface area contributed by atoms with Crippen LogP contribution in [-0.4, -0.2) is 30.8 Å². The zero-order valence-electron chi connectivity index (χ0n) is 13.0. The summed E-state index contributed by atoms with van der Waals surface area (Å²) >= 11 is 0. The van der Waals surface area contributed by atoms with Gasteiger partial charge in [0.2, 0.25) is 0 Å². The Hall–Kier alpha value is -1.37. The van der Waals surface area contributed by atoms with Gasteiger partial charge in [-0.3, -0.25) is 0 Å². The van der Waals surface area contributed by atoms with E-state index in [4.69, 9.17) is 0 Å². The van der Waals surface area contributed by atoms with E-state index >= 15 is 0 Å². The average molecular weight is 321 g/mol. The minimum atomic E-state index is -3.42. The highest BCUT2D eigenvalue weighted by Crippen LogP contribution is 2.23. The maximum Gasteiger partial charge on any atom is 0.279 e. The number of aromatic amines is 1. The zero-order valence-corrected chi connectivity index (χ0v) is 13.9. The van der Waals surface area contributed by atoms with Crippen molar-refractivity contribution in [3.05, 3.63) is 36.0 Å². The number of fused-ring (bicyclic) bond motifs is 1. The monoisotopic (exact) mass is 321 g/mol. The second kappa shape index (κ2) is 6.02. The fourth-order valence-corrected chi connectivity index (χ4v) is 4.71. The first-order valence-electron chi connectivity index (χ1n) is 7.75. The van der Waals surface area contributed by atoms with Gasteiger partial charge in [-0.2, -0.15) is 17.4 Å². The van der Waals surface area contributed by atoms with Crippen molar-refractivity contribution in [1.29, 1.82) is 0 Å². The van der Waals surface area contributed by atoms with E-state index in [1.807, 2.05) is 30.3 Å². The van der Waals surface area contributed by atoms with Gasteiger partial charge < -0.3 is 4.98 Å². The molecule has 1 aromatic heterocycles. The van der Waals surface area contributed by atoms with Crippen molar-refractivity contribution in [3.8, 4) is 0 Å². The Bertz CT molecular complexity index is 711. The van der Waals surface area contributed by atoms with Crippen LogP contribution in [-0.2, 0) is 16.8 Å². The van der Waals surface area contributed by atoms with Crippen molar-refractivity contribution in [2.24, 2.45) is 11.8 Å². The SMILES string of the molecule is C[C@H]1C[C@H](C)CN(S(=O)(=O)NCc2cc3ccccc3[nH]2)C1. The van der Waals surface area contributed by atoms with Crippen LogP contribution in [0.1, 0.15) is 26.0 Å². The van der Waals surface area contributed by atoms with Crippen LogP contribution in [0.4, 0.5) is 0 Å². The van der Waals surface area contributed by atoms with Gasteiger partial charge in [0.1, 0.15) is 0 Å². The molecule has 0 aliphatic carbocycles. The predicted molar refractivity (Wildman–Crippen MR) is 88.6 cm³/mol. The molecular formula is C16H23N3O2S. The van der Waals surface area contributed by atoms with E-state index in [1.54, 1.807) is 4.31 Å². The number of nitrogens with one attached hydrogen (secondary N) is 2. The first-order valence-corrected chi connectivity index (χ1v) is 9.19. The van der Waals surface area contributed by atoms with E-state index in [1.165, 1.54) is 0 Å². The third-order valence-corrected chi connectivity index (χ3v) is 5.69. The van der Waals surface area contributed by atoms with Crippen LogP contribution in [0.25, 0.3) is 10.9 Å². The van der Waals surface area contributed by atoms with Crippen LogP contribution in [0.2, 0.25) is 0 Å². The largest absolute Gasteiger partial charge is 0.357 e. The Morgan fingerprint density at radius 2 is 1.91 bits per heavy atom. The quantitative estimate of drug-likeness (QED) is 0.908. The third kappa shape index (κ3) is 3.34. The number of para-hydroxylation sites is 1. The van der Waals surface area contributed by atoms with Gasteiger partial charge in [0.15, 0.2) is 0 Å². The smallest absolute Gasteiger partial charge is 0.279 e. The Morgan fingerprint density at radius 3 is 2.59 bits per heavy atom. The molecule has 1 fully saturated rings. The number of rotatable bonds is 4. The molecule has 2 N–H and O–H groups in total. The second-order valence-electron chi connectivity index (χ2n) is 6.47. The molecule has 1 saturated heterocycles. The van der Waals surface area contributed by atoms with Gasteiger partial charge in [-0.1, -0.05) is 32.0 Å². The highest BCUT2D eigenvalue weighted by molar-refractivity contribution is 7.87. The molecule has 1 aliphatic rings. The zero-order chi connectivity index (χ0) is 15.7. The number of hydrogen-bond donors (Lipinski definition) is 2. The molecule has 0 amide bonds. The van der Waals surface area contributed by atoms with Gasteiger partial charge in [-0.05, 0) is 35.8 Å². The molecule has 6 heteroatoms. The molecule has 2 atom stereocenters. The van der Waals surface area contributed by atoms with Crippen molar-refractivity contribution < 1.29 is 8.42 Å². The molecule has 3 rings (SSSR count). The van der Waals surface area contributed by atoms with Crippen molar-refractivity contribution in [2.45, 2.75) is 26.8 Å². The van der Waals surface area contributed by atoms with E-state index in [0.29, 0.717) is 24.9 Å². The van der Waals surface area contributed by atoms with Gasteiger partial charge >= 0.3 is 0 Å². The number of nitrogens with zero attached hydrogens (tertiary/aromatic N) is 1. The lowest BCUT2D eigenvalue weighted by molar-refractivity contribution is 0.220. The molecule has 0 saturated carbocycles. The van der Waals surface area contributed by atoms with Crippen LogP contribution < -0.4 is 4.72 Å². The normalized spacial score (nSPS) is 23.9. The summed E-state index contributed by atoms with van der Waals surface area (Å²) in [6, 6.07) is 9.92. The van der Waals surface area contributed by atoms with Gasteiger partial charge in [0.25, 0.3) is 10.2 Å². The van der Waals surface area contributed by atoms with Gasteiger partial charge in [-0.25, -0.2) is 0 Å². The number of aromatic nitrogens is 1. The first-order chi connectivity index (χ1) is 10.4. The molecule has 0 radical (unpaired) electrons. The molecule has 2 aromatic rings. The molecule has 0 bridgehead atoms. The highest BCUT2D eigenvalue weighted by Gasteiger charge is 2.30. The van der Waals surface area contributed by atoms with Gasteiger partial charge in [-0.15, -0.1) is 0 Å². The molecule has 0 unspecified atom stereocenters. The molecule has 120 valence electrons. The summed E-state index contributed by atoms with van der Waals surface area (Å²) in [6.45, 7) is 5.71. The van der Waals surface area contributed by atoms with Crippen molar-refractivity contribution in [3.63, 3.8) is 0 Å². The predicted octanol–water partition coefficient (Wildman–Crippen LogP) is 2.48. The van der Waals surface area contributed by atoms with E-state index in [9.17, 15) is 8.42 Å². The minimum absolute atomic E-state index is 0.288. The fraction of sp³-hybridized carbons (Fsp3) is 0.500.